The minimum Gasteiger partial charge on any atom is -0.281 e. The van der Waals surface area contributed by atoms with E-state index < -0.39 is 0 Å². The fourth-order valence-electron chi connectivity index (χ4n) is 2.36. The van der Waals surface area contributed by atoms with E-state index in [-0.39, 0.29) is 11.2 Å². The lowest BCUT2D eigenvalue weighted by molar-refractivity contribution is -0.115. The number of rotatable bonds is 1. The third-order valence-electron chi connectivity index (χ3n) is 3.07. The minimum absolute atomic E-state index is 0.128. The van der Waals surface area contributed by atoms with E-state index in [1.165, 1.54) is 19.3 Å². The maximum atomic E-state index is 10.9. The van der Waals surface area contributed by atoms with E-state index in [4.69, 9.17) is 11.6 Å². The van der Waals surface area contributed by atoms with Gasteiger partial charge in [-0.25, -0.2) is 0 Å². The molecule has 2 aliphatic carbocycles. The van der Waals surface area contributed by atoms with Crippen LogP contribution in [-0.2, 0) is 4.79 Å². The number of carbonyl (C=O) groups excluding carboxylic acids is 1. The lowest BCUT2D eigenvalue weighted by Gasteiger charge is -2.20. The Bertz CT molecular complexity index is 242. The first-order valence-corrected chi connectivity index (χ1v) is 5.04. The topological polar surface area (TPSA) is 17.1 Å². The van der Waals surface area contributed by atoms with Crippen LogP contribution in [0.4, 0.5) is 0 Å². The Labute approximate surface area is 77.8 Å². The molecule has 2 aliphatic rings. The van der Waals surface area contributed by atoms with Crippen molar-refractivity contribution in [1.29, 1.82) is 0 Å². The second-order valence-electron chi connectivity index (χ2n) is 3.80. The molecular weight excluding hydrogens is 172 g/mol. The molecular formula is C10H13ClO. The molecule has 0 spiro atoms. The van der Waals surface area contributed by atoms with Crippen LogP contribution in [0.25, 0.3) is 0 Å². The van der Waals surface area contributed by atoms with Crippen molar-refractivity contribution in [3.8, 4) is 0 Å². The number of halogens is 1. The lowest BCUT2D eigenvalue weighted by Crippen LogP contribution is -2.13. The highest BCUT2D eigenvalue weighted by atomic mass is 35.5. The van der Waals surface area contributed by atoms with E-state index in [9.17, 15) is 4.79 Å². The Morgan fingerprint density at radius 2 is 2.00 bits per heavy atom. The zero-order valence-electron chi connectivity index (χ0n) is 7.11. The summed E-state index contributed by atoms with van der Waals surface area (Å²) >= 11 is 5.49. The number of hydrogen-bond acceptors (Lipinski definition) is 1. The van der Waals surface area contributed by atoms with Crippen molar-refractivity contribution in [2.45, 2.75) is 38.5 Å². The molecule has 2 rings (SSSR count). The van der Waals surface area contributed by atoms with E-state index in [1.54, 1.807) is 11.1 Å². The zero-order valence-corrected chi connectivity index (χ0v) is 7.86. The first-order chi connectivity index (χ1) is 5.77. The van der Waals surface area contributed by atoms with Gasteiger partial charge in [0.25, 0.3) is 0 Å². The average Bonchev–Trinajstić information content (AvgIpc) is 2.49. The molecule has 2 heteroatoms. The summed E-state index contributed by atoms with van der Waals surface area (Å²) in [5.74, 6) is 0.128. The van der Waals surface area contributed by atoms with E-state index in [2.05, 4.69) is 0 Å². The summed E-state index contributed by atoms with van der Waals surface area (Å²) in [4.78, 5) is 10.9. The second-order valence-corrected chi connectivity index (χ2v) is 4.18. The SMILES string of the molecule is O=C(Cl)C1CCC2=C(CCC2)C1. The average molecular weight is 185 g/mol. The molecule has 0 bridgehead atoms. The summed E-state index contributed by atoms with van der Waals surface area (Å²) in [6.07, 6.45) is 6.86. The largest absolute Gasteiger partial charge is 0.281 e. The van der Waals surface area contributed by atoms with Crippen LogP contribution in [0.2, 0.25) is 0 Å². The summed E-state index contributed by atoms with van der Waals surface area (Å²) in [6.45, 7) is 0. The molecule has 0 heterocycles. The predicted octanol–water partition coefficient (Wildman–Crippen LogP) is 3.03. The second kappa shape index (κ2) is 3.21. The normalized spacial score (nSPS) is 28.9. The quantitative estimate of drug-likeness (QED) is 0.452. The van der Waals surface area contributed by atoms with Crippen molar-refractivity contribution in [2.75, 3.05) is 0 Å². The molecule has 0 aliphatic heterocycles. The summed E-state index contributed by atoms with van der Waals surface area (Å²) in [5.41, 5.74) is 3.17. The molecule has 0 amide bonds. The monoisotopic (exact) mass is 184 g/mol. The fourth-order valence-corrected chi connectivity index (χ4v) is 2.54. The van der Waals surface area contributed by atoms with Gasteiger partial charge < -0.3 is 0 Å². The maximum absolute atomic E-state index is 10.9. The molecule has 1 atom stereocenters. The van der Waals surface area contributed by atoms with Gasteiger partial charge in [0.2, 0.25) is 5.24 Å². The Morgan fingerprint density at radius 3 is 2.75 bits per heavy atom. The molecule has 0 N–H and O–H groups in total. The highest BCUT2D eigenvalue weighted by molar-refractivity contribution is 6.64. The Kier molecular flexibility index (Phi) is 2.22. The molecule has 66 valence electrons. The molecule has 0 saturated heterocycles. The predicted molar refractivity (Wildman–Crippen MR) is 49.1 cm³/mol. The van der Waals surface area contributed by atoms with Crippen molar-refractivity contribution in [3.63, 3.8) is 0 Å². The van der Waals surface area contributed by atoms with Gasteiger partial charge >= 0.3 is 0 Å². The van der Waals surface area contributed by atoms with Gasteiger partial charge in [-0.2, -0.15) is 0 Å². The third-order valence-corrected chi connectivity index (χ3v) is 3.37. The van der Waals surface area contributed by atoms with Gasteiger partial charge in [0.1, 0.15) is 0 Å². The van der Waals surface area contributed by atoms with Crippen molar-refractivity contribution in [3.05, 3.63) is 11.1 Å². The smallest absolute Gasteiger partial charge is 0.225 e. The third kappa shape index (κ3) is 1.42. The van der Waals surface area contributed by atoms with Crippen LogP contribution >= 0.6 is 11.6 Å². The first-order valence-electron chi connectivity index (χ1n) is 4.66. The molecule has 0 aromatic rings. The van der Waals surface area contributed by atoms with Crippen LogP contribution in [-0.4, -0.2) is 5.24 Å². The summed E-state index contributed by atoms with van der Waals surface area (Å²) in [7, 11) is 0. The molecule has 0 aromatic heterocycles. The highest BCUT2D eigenvalue weighted by Gasteiger charge is 2.27. The lowest BCUT2D eigenvalue weighted by atomic mass is 9.86. The molecule has 0 saturated carbocycles. The van der Waals surface area contributed by atoms with Crippen molar-refractivity contribution in [2.24, 2.45) is 5.92 Å². The number of allylic oxidation sites excluding steroid dienone is 2. The van der Waals surface area contributed by atoms with Crippen molar-refractivity contribution in [1.82, 2.24) is 0 Å². The van der Waals surface area contributed by atoms with Crippen LogP contribution in [0.5, 0.6) is 0 Å². The van der Waals surface area contributed by atoms with E-state index in [0.717, 1.165) is 19.3 Å². The Morgan fingerprint density at radius 1 is 1.25 bits per heavy atom. The van der Waals surface area contributed by atoms with Gasteiger partial charge in [0, 0.05) is 5.92 Å². The minimum atomic E-state index is -0.131. The molecule has 0 fully saturated rings. The van der Waals surface area contributed by atoms with Gasteiger partial charge in [0.15, 0.2) is 0 Å². The molecule has 0 aromatic carbocycles. The van der Waals surface area contributed by atoms with E-state index >= 15 is 0 Å². The molecule has 1 nitrogen and oxygen atoms in total. The Balaban J connectivity index is 2.09. The van der Waals surface area contributed by atoms with Gasteiger partial charge in [-0.1, -0.05) is 11.1 Å². The van der Waals surface area contributed by atoms with Gasteiger partial charge in [-0.3, -0.25) is 4.79 Å². The summed E-state index contributed by atoms with van der Waals surface area (Å²) in [5, 5.41) is -0.131. The number of carbonyl (C=O) groups is 1. The molecule has 1 unspecified atom stereocenters. The van der Waals surface area contributed by atoms with Crippen LogP contribution in [0, 0.1) is 5.92 Å². The highest BCUT2D eigenvalue weighted by Crippen LogP contribution is 2.39. The Hall–Kier alpha value is -0.300. The zero-order chi connectivity index (χ0) is 8.55. The fraction of sp³-hybridized carbons (Fsp3) is 0.700. The standard InChI is InChI=1S/C10H13ClO/c11-10(12)9-5-4-7-2-1-3-8(7)6-9/h9H,1-6H2. The van der Waals surface area contributed by atoms with Crippen molar-refractivity contribution < 1.29 is 4.79 Å². The van der Waals surface area contributed by atoms with Gasteiger partial charge in [0.05, 0.1) is 0 Å². The summed E-state index contributed by atoms with van der Waals surface area (Å²) in [6, 6.07) is 0. The van der Waals surface area contributed by atoms with Gasteiger partial charge in [-0.05, 0) is 50.1 Å². The maximum Gasteiger partial charge on any atom is 0.225 e. The van der Waals surface area contributed by atoms with Crippen LogP contribution in [0.15, 0.2) is 11.1 Å². The van der Waals surface area contributed by atoms with Crippen LogP contribution in [0.3, 0.4) is 0 Å². The van der Waals surface area contributed by atoms with Crippen molar-refractivity contribution >= 4 is 16.8 Å². The van der Waals surface area contributed by atoms with Crippen LogP contribution < -0.4 is 0 Å². The van der Waals surface area contributed by atoms with Gasteiger partial charge in [-0.15, -0.1) is 0 Å². The summed E-state index contributed by atoms with van der Waals surface area (Å²) < 4.78 is 0. The molecule has 12 heavy (non-hydrogen) atoms. The first kappa shape index (κ1) is 8.31. The van der Waals surface area contributed by atoms with E-state index in [0.29, 0.717) is 0 Å². The number of hydrogen-bond donors (Lipinski definition) is 0. The van der Waals surface area contributed by atoms with E-state index in [1.807, 2.05) is 0 Å². The molecule has 0 radical (unpaired) electrons. The van der Waals surface area contributed by atoms with Crippen LogP contribution in [0.1, 0.15) is 38.5 Å².